The quantitative estimate of drug-likeness (QED) is 0.146. The monoisotopic (exact) mass is 496 g/mol. The van der Waals surface area contributed by atoms with E-state index in [0.717, 1.165) is 22.9 Å². The van der Waals surface area contributed by atoms with Gasteiger partial charge in [0.1, 0.15) is 0 Å². The molecule has 0 unspecified atom stereocenters. The third-order valence-electron chi connectivity index (χ3n) is 5.32. The number of carbonyl (C=O) groups is 2. The minimum absolute atomic E-state index is 0.214. The van der Waals surface area contributed by atoms with E-state index in [-0.39, 0.29) is 24.8 Å². The average molecular weight is 498 g/mol. The topological polar surface area (TPSA) is 52.6 Å². The third kappa shape index (κ3) is 16.9. The van der Waals surface area contributed by atoms with Gasteiger partial charge in [-0.2, -0.15) is 0 Å². The van der Waals surface area contributed by atoms with Crippen molar-refractivity contribution in [2.75, 3.05) is 13.2 Å². The van der Waals surface area contributed by atoms with Crippen LogP contribution in [0.15, 0.2) is 28.7 Å². The number of carbonyl (C=O) groups excluding carboxylic acids is 2. The van der Waals surface area contributed by atoms with E-state index in [9.17, 15) is 9.59 Å². The zero-order chi connectivity index (χ0) is 22.6. The Bertz CT molecular complexity index is 603. The van der Waals surface area contributed by atoms with Crippen molar-refractivity contribution in [3.63, 3.8) is 0 Å². The lowest BCUT2D eigenvalue weighted by Gasteiger charge is -2.06. The summed E-state index contributed by atoms with van der Waals surface area (Å²) in [6.07, 6.45) is 15.7. The molecule has 1 aromatic carbocycles. The molecule has 1 aromatic rings. The molecule has 0 radical (unpaired) electrons. The molecule has 0 spiro atoms. The largest absolute Gasteiger partial charge is 0.466 e. The second kappa shape index (κ2) is 19.3. The number of halogens is 1. The van der Waals surface area contributed by atoms with Gasteiger partial charge >= 0.3 is 11.9 Å². The summed E-state index contributed by atoms with van der Waals surface area (Å²) in [5.74, 6) is -0.470. The average Bonchev–Trinajstić information content (AvgIpc) is 2.74. The van der Waals surface area contributed by atoms with E-state index in [1.165, 1.54) is 57.8 Å². The fourth-order valence-electron chi connectivity index (χ4n) is 3.45. The van der Waals surface area contributed by atoms with E-state index in [4.69, 9.17) is 9.47 Å². The Morgan fingerprint density at radius 2 is 1.29 bits per heavy atom. The zero-order valence-electron chi connectivity index (χ0n) is 19.3. The van der Waals surface area contributed by atoms with Crippen molar-refractivity contribution in [2.24, 2.45) is 0 Å². The van der Waals surface area contributed by atoms with Gasteiger partial charge in [0.15, 0.2) is 0 Å². The van der Waals surface area contributed by atoms with Gasteiger partial charge in [-0.05, 0) is 30.5 Å². The van der Waals surface area contributed by atoms with Crippen molar-refractivity contribution in [1.82, 2.24) is 0 Å². The highest BCUT2D eigenvalue weighted by molar-refractivity contribution is 9.10. The summed E-state index contributed by atoms with van der Waals surface area (Å²) >= 11 is 3.43. The number of unbranched alkanes of at least 4 members (excludes halogenated alkanes) is 10. The van der Waals surface area contributed by atoms with Crippen LogP contribution in [-0.4, -0.2) is 25.2 Å². The molecule has 0 aliphatic rings. The fraction of sp³-hybridized carbons (Fsp3) is 0.692. The first-order chi connectivity index (χ1) is 15.1. The Balaban J connectivity index is 1.87. The molecule has 176 valence electrons. The second-order valence-corrected chi connectivity index (χ2v) is 9.13. The number of rotatable bonds is 19. The van der Waals surface area contributed by atoms with E-state index < -0.39 is 0 Å². The first-order valence-electron chi connectivity index (χ1n) is 12.2. The number of benzene rings is 1. The van der Waals surface area contributed by atoms with Crippen LogP contribution in [0.25, 0.3) is 0 Å². The Hall–Kier alpha value is -1.36. The standard InChI is InChI=1S/C26H41BrO4/c1-2-3-4-5-6-7-8-9-10-11-12-20-30-25(28)17-14-18-26(29)31-21-19-23-15-13-16-24(27)22-23/h13,15-16,22H,2-12,14,17-21H2,1H3. The highest BCUT2D eigenvalue weighted by atomic mass is 79.9. The summed E-state index contributed by atoms with van der Waals surface area (Å²) in [6, 6.07) is 7.94. The molecule has 0 saturated carbocycles. The van der Waals surface area contributed by atoms with Crippen molar-refractivity contribution in [3.05, 3.63) is 34.3 Å². The Kier molecular flexibility index (Phi) is 17.3. The molecule has 0 atom stereocenters. The van der Waals surface area contributed by atoms with E-state index in [1.807, 2.05) is 24.3 Å². The van der Waals surface area contributed by atoms with Gasteiger partial charge in [0.25, 0.3) is 0 Å². The lowest BCUT2D eigenvalue weighted by molar-refractivity contribution is -0.145. The Labute approximate surface area is 197 Å². The van der Waals surface area contributed by atoms with Crippen LogP contribution in [0.4, 0.5) is 0 Å². The van der Waals surface area contributed by atoms with Gasteiger partial charge in [-0.3, -0.25) is 9.59 Å². The SMILES string of the molecule is CCCCCCCCCCCCCOC(=O)CCCC(=O)OCCc1cccc(Br)c1. The van der Waals surface area contributed by atoms with E-state index in [0.29, 0.717) is 26.1 Å². The van der Waals surface area contributed by atoms with Gasteiger partial charge < -0.3 is 9.47 Å². The molecule has 5 heteroatoms. The molecule has 0 aromatic heterocycles. The van der Waals surface area contributed by atoms with E-state index in [2.05, 4.69) is 22.9 Å². The summed E-state index contributed by atoms with van der Waals surface area (Å²) in [5.41, 5.74) is 1.12. The molecule has 31 heavy (non-hydrogen) atoms. The highest BCUT2D eigenvalue weighted by Gasteiger charge is 2.07. The number of ether oxygens (including phenoxy) is 2. The summed E-state index contributed by atoms with van der Waals surface area (Å²) < 4.78 is 11.5. The second-order valence-electron chi connectivity index (χ2n) is 8.21. The normalized spacial score (nSPS) is 10.8. The molecule has 0 aliphatic carbocycles. The summed E-state index contributed by atoms with van der Waals surface area (Å²) in [4.78, 5) is 23.5. The summed E-state index contributed by atoms with van der Waals surface area (Å²) in [7, 11) is 0. The van der Waals surface area contributed by atoms with Crippen molar-refractivity contribution in [3.8, 4) is 0 Å². The molecule has 1 rings (SSSR count). The minimum Gasteiger partial charge on any atom is -0.466 e. The minimum atomic E-state index is -0.256. The van der Waals surface area contributed by atoms with E-state index in [1.54, 1.807) is 0 Å². The van der Waals surface area contributed by atoms with Crippen molar-refractivity contribution >= 4 is 27.9 Å². The van der Waals surface area contributed by atoms with Crippen molar-refractivity contribution in [1.29, 1.82) is 0 Å². The van der Waals surface area contributed by atoms with Crippen LogP contribution < -0.4 is 0 Å². The lowest BCUT2D eigenvalue weighted by atomic mass is 10.1. The van der Waals surface area contributed by atoms with Crippen LogP contribution in [0.1, 0.15) is 102 Å². The molecule has 0 saturated heterocycles. The predicted octanol–water partition coefficient (Wildman–Crippen LogP) is 7.56. The fourth-order valence-corrected chi connectivity index (χ4v) is 3.90. The molecule has 0 fully saturated rings. The number of esters is 2. The smallest absolute Gasteiger partial charge is 0.305 e. The maximum absolute atomic E-state index is 11.8. The van der Waals surface area contributed by atoms with Crippen LogP contribution >= 0.6 is 15.9 Å². The van der Waals surface area contributed by atoms with Crippen LogP contribution in [0.3, 0.4) is 0 Å². The van der Waals surface area contributed by atoms with Gasteiger partial charge in [0.05, 0.1) is 13.2 Å². The molecular weight excluding hydrogens is 456 g/mol. The molecule has 4 nitrogen and oxygen atoms in total. The maximum Gasteiger partial charge on any atom is 0.305 e. The molecule has 0 bridgehead atoms. The van der Waals surface area contributed by atoms with Gasteiger partial charge in [-0.25, -0.2) is 0 Å². The summed E-state index contributed by atoms with van der Waals surface area (Å²) in [5, 5.41) is 0. The molecule has 0 N–H and O–H groups in total. The molecule has 0 amide bonds. The lowest BCUT2D eigenvalue weighted by Crippen LogP contribution is -2.10. The third-order valence-corrected chi connectivity index (χ3v) is 5.81. The number of hydrogen-bond acceptors (Lipinski definition) is 4. The van der Waals surface area contributed by atoms with Gasteiger partial charge in [0.2, 0.25) is 0 Å². The van der Waals surface area contributed by atoms with Gasteiger partial charge in [0, 0.05) is 23.7 Å². The van der Waals surface area contributed by atoms with E-state index >= 15 is 0 Å². The van der Waals surface area contributed by atoms with Crippen LogP contribution in [0.2, 0.25) is 0 Å². The first-order valence-corrected chi connectivity index (χ1v) is 13.0. The maximum atomic E-state index is 11.8. The summed E-state index contributed by atoms with van der Waals surface area (Å²) in [6.45, 7) is 3.10. The predicted molar refractivity (Wildman–Crippen MR) is 130 cm³/mol. The van der Waals surface area contributed by atoms with Gasteiger partial charge in [-0.1, -0.05) is 99.2 Å². The van der Waals surface area contributed by atoms with Crippen molar-refractivity contribution < 1.29 is 19.1 Å². The molecular formula is C26H41BrO4. The van der Waals surface area contributed by atoms with Crippen LogP contribution in [-0.2, 0) is 25.5 Å². The number of hydrogen-bond donors (Lipinski definition) is 0. The van der Waals surface area contributed by atoms with Crippen LogP contribution in [0.5, 0.6) is 0 Å². The van der Waals surface area contributed by atoms with Gasteiger partial charge in [-0.15, -0.1) is 0 Å². The Morgan fingerprint density at radius 1 is 0.742 bits per heavy atom. The zero-order valence-corrected chi connectivity index (χ0v) is 20.9. The molecule has 0 aliphatic heterocycles. The van der Waals surface area contributed by atoms with Crippen molar-refractivity contribution in [2.45, 2.75) is 103 Å². The molecule has 0 heterocycles. The Morgan fingerprint density at radius 3 is 1.87 bits per heavy atom. The highest BCUT2D eigenvalue weighted by Crippen LogP contribution is 2.13. The first kappa shape index (κ1) is 27.7. The van der Waals surface area contributed by atoms with Crippen LogP contribution in [0, 0.1) is 0 Å².